The summed E-state index contributed by atoms with van der Waals surface area (Å²) in [5, 5.41) is 25.3. The van der Waals surface area contributed by atoms with Gasteiger partial charge in [-0.3, -0.25) is 9.59 Å². The maximum atomic E-state index is 12.7. The van der Waals surface area contributed by atoms with Crippen LogP contribution in [0, 0.1) is 45.3 Å². The Bertz CT molecular complexity index is 1070. The van der Waals surface area contributed by atoms with Gasteiger partial charge >= 0.3 is 5.97 Å². The van der Waals surface area contributed by atoms with E-state index in [1.165, 1.54) is 0 Å². The van der Waals surface area contributed by atoms with Crippen LogP contribution in [0.15, 0.2) is 0 Å². The van der Waals surface area contributed by atoms with Crippen molar-refractivity contribution in [2.24, 2.45) is 51.1 Å². The molecule has 5 N–H and O–H groups in total. The third-order valence-electron chi connectivity index (χ3n) is 14.1. The molecular weight excluding hydrogens is 532 g/mol. The summed E-state index contributed by atoms with van der Waals surface area (Å²) in [7, 11) is 0. The van der Waals surface area contributed by atoms with Crippen LogP contribution >= 0.6 is 0 Å². The SMILES string of the molecule is CC(C)(O)[C@H]1CC[C@@](C)([C@H]2CC[C@]3(C)[C@@H]2[C@H](O)C[C@@H]2[C@@]4(C)CC[C@H](OC(=O)CNC(=O)CN)C(C)(C)[C@@H]4CC[C@]23C)O1. The van der Waals surface area contributed by atoms with Gasteiger partial charge in [0.1, 0.15) is 12.6 Å². The van der Waals surface area contributed by atoms with Crippen LogP contribution in [0.4, 0.5) is 0 Å². The first-order valence-corrected chi connectivity index (χ1v) is 16.6. The molecule has 5 fully saturated rings. The summed E-state index contributed by atoms with van der Waals surface area (Å²) < 4.78 is 12.7. The summed E-state index contributed by atoms with van der Waals surface area (Å²) in [6, 6.07) is 0. The maximum absolute atomic E-state index is 12.7. The van der Waals surface area contributed by atoms with Crippen LogP contribution in [-0.2, 0) is 19.1 Å². The van der Waals surface area contributed by atoms with E-state index in [0.717, 1.165) is 57.8 Å². The van der Waals surface area contributed by atoms with E-state index in [0.29, 0.717) is 11.8 Å². The van der Waals surface area contributed by atoms with Gasteiger partial charge in [0.15, 0.2) is 0 Å². The number of rotatable bonds is 6. The molecule has 0 aromatic rings. The zero-order chi connectivity index (χ0) is 31.1. The number of nitrogens with one attached hydrogen (secondary N) is 1. The molecule has 1 amide bonds. The summed E-state index contributed by atoms with van der Waals surface area (Å²) in [6.07, 6.45) is 7.89. The van der Waals surface area contributed by atoms with Gasteiger partial charge in [0, 0.05) is 5.41 Å². The fourth-order valence-electron chi connectivity index (χ4n) is 11.7. The van der Waals surface area contributed by atoms with Crippen molar-refractivity contribution in [2.75, 3.05) is 13.1 Å². The lowest BCUT2D eigenvalue weighted by molar-refractivity contribution is -0.251. The Balaban J connectivity index is 1.37. The van der Waals surface area contributed by atoms with Crippen LogP contribution in [0.3, 0.4) is 0 Å². The van der Waals surface area contributed by atoms with Crippen LogP contribution in [0.1, 0.15) is 113 Å². The van der Waals surface area contributed by atoms with Gasteiger partial charge in [-0.2, -0.15) is 0 Å². The van der Waals surface area contributed by atoms with E-state index in [4.69, 9.17) is 15.2 Å². The first kappa shape index (κ1) is 32.2. The number of hydrogen-bond donors (Lipinski definition) is 4. The lowest BCUT2D eigenvalue weighted by atomic mass is 9.35. The lowest BCUT2D eigenvalue weighted by Gasteiger charge is -2.70. The number of aliphatic hydroxyl groups excluding tert-OH is 1. The van der Waals surface area contributed by atoms with Crippen LogP contribution in [-0.4, -0.2) is 64.7 Å². The molecule has 0 bridgehead atoms. The summed E-state index contributed by atoms with van der Waals surface area (Å²) >= 11 is 0. The van der Waals surface area contributed by atoms with E-state index in [2.05, 4.69) is 46.9 Å². The molecule has 4 aliphatic carbocycles. The molecule has 0 aromatic heterocycles. The van der Waals surface area contributed by atoms with Crippen molar-refractivity contribution in [2.45, 2.75) is 143 Å². The third kappa shape index (κ3) is 4.76. The Morgan fingerprint density at radius 2 is 1.62 bits per heavy atom. The van der Waals surface area contributed by atoms with Gasteiger partial charge in [-0.25, -0.2) is 0 Å². The zero-order valence-electron chi connectivity index (χ0n) is 27.4. The second kappa shape index (κ2) is 10.4. The van der Waals surface area contributed by atoms with Gasteiger partial charge in [-0.15, -0.1) is 0 Å². The molecular formula is C34H58N2O6. The Morgan fingerprint density at radius 1 is 0.952 bits per heavy atom. The summed E-state index contributed by atoms with van der Waals surface area (Å²) in [6.45, 7) is 17.6. The quantitative estimate of drug-likeness (QED) is 0.339. The van der Waals surface area contributed by atoms with E-state index in [9.17, 15) is 19.8 Å². The van der Waals surface area contributed by atoms with Crippen molar-refractivity contribution in [3.8, 4) is 0 Å². The van der Waals surface area contributed by atoms with Crippen LogP contribution in [0.25, 0.3) is 0 Å². The van der Waals surface area contributed by atoms with Crippen molar-refractivity contribution in [3.05, 3.63) is 0 Å². The minimum Gasteiger partial charge on any atom is -0.460 e. The van der Waals surface area contributed by atoms with Crippen molar-refractivity contribution >= 4 is 11.9 Å². The van der Waals surface area contributed by atoms with Gasteiger partial charge in [0.2, 0.25) is 5.91 Å². The minimum absolute atomic E-state index is 0.00181. The molecule has 42 heavy (non-hydrogen) atoms. The molecule has 8 nitrogen and oxygen atoms in total. The zero-order valence-corrected chi connectivity index (χ0v) is 27.4. The molecule has 240 valence electrons. The van der Waals surface area contributed by atoms with E-state index in [-0.39, 0.29) is 76.4 Å². The van der Waals surface area contributed by atoms with Gasteiger partial charge < -0.3 is 30.7 Å². The topological polar surface area (TPSA) is 131 Å². The first-order valence-electron chi connectivity index (χ1n) is 16.6. The summed E-state index contributed by atoms with van der Waals surface area (Å²) in [5.74, 6) is 0.421. The van der Waals surface area contributed by atoms with Crippen molar-refractivity contribution in [1.82, 2.24) is 5.32 Å². The van der Waals surface area contributed by atoms with Gasteiger partial charge in [0.25, 0.3) is 0 Å². The smallest absolute Gasteiger partial charge is 0.325 e. The number of carbonyl (C=O) groups is 2. The Hall–Kier alpha value is -1.22. The van der Waals surface area contributed by atoms with Crippen molar-refractivity contribution in [3.63, 3.8) is 0 Å². The van der Waals surface area contributed by atoms with Gasteiger partial charge in [-0.05, 0) is 118 Å². The highest BCUT2D eigenvalue weighted by atomic mass is 16.5. The number of aliphatic hydroxyl groups is 2. The predicted octanol–water partition coefficient (Wildman–Crippen LogP) is 4.34. The molecule has 1 aliphatic heterocycles. The Labute approximate surface area is 253 Å². The van der Waals surface area contributed by atoms with Gasteiger partial charge in [0.05, 0.1) is 30.0 Å². The van der Waals surface area contributed by atoms with E-state index >= 15 is 0 Å². The number of fused-ring (bicyclic) bond motifs is 5. The number of nitrogens with two attached hydrogens (primary N) is 1. The molecule has 1 heterocycles. The highest BCUT2D eigenvalue weighted by Gasteiger charge is 2.72. The lowest BCUT2D eigenvalue weighted by Crippen LogP contribution is -2.66. The average Bonchev–Trinajstić information content (AvgIpc) is 3.49. The monoisotopic (exact) mass is 590 g/mol. The first-order chi connectivity index (χ1) is 19.3. The number of carbonyl (C=O) groups excluding carboxylic acids is 2. The number of ether oxygens (including phenoxy) is 2. The fourth-order valence-corrected chi connectivity index (χ4v) is 11.7. The molecule has 5 aliphatic rings. The summed E-state index contributed by atoms with van der Waals surface area (Å²) in [5.41, 5.74) is 4.06. The predicted molar refractivity (Wildman–Crippen MR) is 161 cm³/mol. The molecule has 8 heteroatoms. The molecule has 0 unspecified atom stereocenters. The Kier molecular flexibility index (Phi) is 7.98. The average molecular weight is 591 g/mol. The van der Waals surface area contributed by atoms with Crippen molar-refractivity contribution in [1.29, 1.82) is 0 Å². The largest absolute Gasteiger partial charge is 0.460 e. The Morgan fingerprint density at radius 3 is 2.24 bits per heavy atom. The minimum atomic E-state index is -0.868. The number of esters is 1. The van der Waals surface area contributed by atoms with Crippen LogP contribution in [0.5, 0.6) is 0 Å². The number of hydrogen-bond acceptors (Lipinski definition) is 7. The van der Waals surface area contributed by atoms with Crippen LogP contribution in [0.2, 0.25) is 0 Å². The molecule has 5 rings (SSSR count). The van der Waals surface area contributed by atoms with E-state index < -0.39 is 11.6 Å². The molecule has 0 spiro atoms. The summed E-state index contributed by atoms with van der Waals surface area (Å²) in [4.78, 5) is 24.2. The highest BCUT2D eigenvalue weighted by molar-refractivity contribution is 5.83. The maximum Gasteiger partial charge on any atom is 0.325 e. The molecule has 0 aromatic carbocycles. The van der Waals surface area contributed by atoms with Crippen molar-refractivity contribution < 1.29 is 29.3 Å². The van der Waals surface area contributed by atoms with Gasteiger partial charge in [-0.1, -0.05) is 34.6 Å². The van der Waals surface area contributed by atoms with E-state index in [1.807, 2.05) is 13.8 Å². The standard InChI is InChI=1S/C34H58N2O6/c1-29(2)22-10-15-32(6)23(31(22,5)13-11-24(29)41-27(39)19-36-26(38)18-35)17-21(37)28-20(9-14-33(28,32)7)34(8)16-12-25(42-34)30(3,4)40/h20-25,28,37,40H,9-19,35H2,1-8H3,(H,36,38)/t20-,21+,22-,23+,24-,25+,28-,31-,32+,33+,34-/m0/s1. The second-order valence-corrected chi connectivity index (χ2v) is 16.9. The molecule has 4 saturated carbocycles. The molecule has 0 radical (unpaired) electrons. The molecule has 11 atom stereocenters. The highest BCUT2D eigenvalue weighted by Crippen LogP contribution is 2.76. The van der Waals surface area contributed by atoms with E-state index in [1.54, 1.807) is 0 Å². The number of amides is 1. The fraction of sp³-hybridized carbons (Fsp3) is 0.941. The molecule has 1 saturated heterocycles. The second-order valence-electron chi connectivity index (χ2n) is 16.9. The normalized spacial score (nSPS) is 48.1. The third-order valence-corrected chi connectivity index (χ3v) is 14.1. The van der Waals surface area contributed by atoms with Crippen LogP contribution < -0.4 is 11.1 Å².